The van der Waals surface area contributed by atoms with E-state index in [0.717, 1.165) is 36.9 Å². The van der Waals surface area contributed by atoms with E-state index < -0.39 is 16.1 Å². The van der Waals surface area contributed by atoms with E-state index in [-0.39, 0.29) is 28.7 Å². The number of nitrogens with one attached hydrogen (secondary N) is 2. The number of anilines is 1. The van der Waals surface area contributed by atoms with Gasteiger partial charge in [-0.25, -0.2) is 8.42 Å². The Bertz CT molecular complexity index is 892. The third-order valence-electron chi connectivity index (χ3n) is 6.04. The zero-order valence-electron chi connectivity index (χ0n) is 18.1. The van der Waals surface area contributed by atoms with Gasteiger partial charge in [-0.05, 0) is 48.9 Å². The molecule has 2 N–H and O–H groups in total. The van der Waals surface area contributed by atoms with Gasteiger partial charge in [0.05, 0.1) is 4.90 Å². The number of fused-ring (bicyclic) bond motifs is 1. The lowest BCUT2D eigenvalue weighted by molar-refractivity contribution is -0.124. The molecule has 1 aliphatic heterocycles. The van der Waals surface area contributed by atoms with Crippen molar-refractivity contribution in [2.75, 3.05) is 11.4 Å². The number of benzene rings is 1. The number of carbonyl (C=O) groups is 2. The van der Waals surface area contributed by atoms with Crippen LogP contribution < -0.4 is 14.9 Å². The third kappa shape index (κ3) is 5.03. The van der Waals surface area contributed by atoms with Crippen molar-refractivity contribution in [1.82, 2.24) is 10.0 Å². The molecule has 2 aliphatic rings. The standard InChI is InChI=1S/C22H33N3O4S/c1-4-20(26)25-13-12-16-14-18(10-11-19(16)25)30(28,29)24-21(15(2)3)22(27)23-17-8-6-5-7-9-17/h10-11,14-15,17,21,24H,4-9,12-13H2,1-3H3,(H,23,27)/t21-/m1/s1. The first kappa shape index (κ1) is 22.7. The summed E-state index contributed by atoms with van der Waals surface area (Å²) in [6.45, 7) is 6.06. The summed E-state index contributed by atoms with van der Waals surface area (Å²) in [6, 6.07) is 4.12. The molecule has 7 nitrogen and oxygen atoms in total. The van der Waals surface area contributed by atoms with Crippen LogP contribution in [0.5, 0.6) is 0 Å². The maximum Gasteiger partial charge on any atom is 0.241 e. The number of nitrogens with zero attached hydrogens (tertiary/aromatic N) is 1. The van der Waals surface area contributed by atoms with Crippen molar-refractivity contribution in [3.8, 4) is 0 Å². The molecule has 8 heteroatoms. The first-order valence-corrected chi connectivity index (χ1v) is 12.5. The number of sulfonamides is 1. The molecule has 1 heterocycles. The molecule has 2 amide bonds. The lowest BCUT2D eigenvalue weighted by atomic mass is 9.94. The first-order valence-electron chi connectivity index (χ1n) is 11.0. The SMILES string of the molecule is CCC(=O)N1CCc2cc(S(=O)(=O)N[C@@H](C(=O)NC3CCCCC3)C(C)C)ccc21. The fourth-order valence-corrected chi connectivity index (χ4v) is 5.65. The molecule has 0 aromatic heterocycles. The molecule has 1 atom stereocenters. The summed E-state index contributed by atoms with van der Waals surface area (Å²) in [4.78, 5) is 26.7. The summed E-state index contributed by atoms with van der Waals surface area (Å²) in [5.41, 5.74) is 1.61. The number of hydrogen-bond acceptors (Lipinski definition) is 4. The van der Waals surface area contributed by atoms with Crippen molar-refractivity contribution in [2.24, 2.45) is 5.92 Å². The molecule has 1 aromatic rings. The van der Waals surface area contributed by atoms with Crippen LogP contribution in [0.4, 0.5) is 5.69 Å². The Labute approximate surface area is 179 Å². The van der Waals surface area contributed by atoms with E-state index in [9.17, 15) is 18.0 Å². The molecule has 0 saturated heterocycles. The van der Waals surface area contributed by atoms with Crippen LogP contribution in [0.25, 0.3) is 0 Å². The number of rotatable bonds is 7. The highest BCUT2D eigenvalue weighted by atomic mass is 32.2. The molecule has 0 unspecified atom stereocenters. The van der Waals surface area contributed by atoms with Crippen molar-refractivity contribution in [3.63, 3.8) is 0 Å². The molecule has 30 heavy (non-hydrogen) atoms. The average Bonchev–Trinajstić information content (AvgIpc) is 3.15. The molecule has 1 aliphatic carbocycles. The molecular weight excluding hydrogens is 402 g/mol. The second kappa shape index (κ2) is 9.47. The second-order valence-electron chi connectivity index (χ2n) is 8.63. The summed E-state index contributed by atoms with van der Waals surface area (Å²) in [6.07, 6.45) is 6.30. The van der Waals surface area contributed by atoms with Gasteiger partial charge in [0.15, 0.2) is 0 Å². The van der Waals surface area contributed by atoms with Crippen LogP contribution in [-0.4, -0.2) is 38.9 Å². The number of hydrogen-bond donors (Lipinski definition) is 2. The molecule has 0 spiro atoms. The quantitative estimate of drug-likeness (QED) is 0.688. The van der Waals surface area contributed by atoms with E-state index in [0.29, 0.717) is 19.4 Å². The summed E-state index contributed by atoms with van der Waals surface area (Å²) in [5, 5.41) is 3.03. The van der Waals surface area contributed by atoms with Crippen molar-refractivity contribution in [3.05, 3.63) is 23.8 Å². The topological polar surface area (TPSA) is 95.6 Å². The van der Waals surface area contributed by atoms with Crippen LogP contribution in [0.2, 0.25) is 0 Å². The van der Waals surface area contributed by atoms with Gasteiger partial charge in [-0.2, -0.15) is 4.72 Å². The number of amides is 2. The maximum atomic E-state index is 13.0. The Hall–Kier alpha value is -1.93. The highest BCUT2D eigenvalue weighted by molar-refractivity contribution is 7.89. The van der Waals surface area contributed by atoms with Gasteiger partial charge in [0.2, 0.25) is 21.8 Å². The Morgan fingerprint density at radius 2 is 1.87 bits per heavy atom. The van der Waals surface area contributed by atoms with Gasteiger partial charge in [-0.3, -0.25) is 9.59 Å². The Kier molecular flexibility index (Phi) is 7.18. The van der Waals surface area contributed by atoms with Crippen LogP contribution >= 0.6 is 0 Å². The maximum absolute atomic E-state index is 13.0. The van der Waals surface area contributed by atoms with Crippen LogP contribution in [-0.2, 0) is 26.0 Å². The summed E-state index contributed by atoms with van der Waals surface area (Å²) in [5.74, 6) is -0.418. The third-order valence-corrected chi connectivity index (χ3v) is 7.48. The minimum absolute atomic E-state index is 0.0294. The van der Waals surface area contributed by atoms with Crippen LogP contribution in [0.15, 0.2) is 23.1 Å². The number of carbonyl (C=O) groups excluding carboxylic acids is 2. The average molecular weight is 436 g/mol. The van der Waals surface area contributed by atoms with Gasteiger partial charge in [0.1, 0.15) is 6.04 Å². The predicted molar refractivity (Wildman–Crippen MR) is 117 cm³/mol. The van der Waals surface area contributed by atoms with Crippen molar-refractivity contribution in [2.45, 2.75) is 82.7 Å². The van der Waals surface area contributed by atoms with E-state index in [1.165, 1.54) is 12.5 Å². The van der Waals surface area contributed by atoms with Crippen molar-refractivity contribution < 1.29 is 18.0 Å². The highest BCUT2D eigenvalue weighted by Gasteiger charge is 2.31. The van der Waals surface area contributed by atoms with Crippen LogP contribution in [0.1, 0.15) is 64.9 Å². The molecule has 1 aromatic carbocycles. The largest absolute Gasteiger partial charge is 0.352 e. The molecule has 166 valence electrons. The zero-order chi connectivity index (χ0) is 21.9. The van der Waals surface area contributed by atoms with Gasteiger partial charge in [-0.1, -0.05) is 40.0 Å². The molecule has 1 saturated carbocycles. The zero-order valence-corrected chi connectivity index (χ0v) is 18.9. The van der Waals surface area contributed by atoms with Gasteiger partial charge < -0.3 is 10.2 Å². The summed E-state index contributed by atoms with van der Waals surface area (Å²) >= 11 is 0. The minimum atomic E-state index is -3.87. The summed E-state index contributed by atoms with van der Waals surface area (Å²) in [7, 11) is -3.87. The molecular formula is C22H33N3O4S. The van der Waals surface area contributed by atoms with E-state index in [1.54, 1.807) is 17.0 Å². The van der Waals surface area contributed by atoms with Crippen LogP contribution in [0, 0.1) is 5.92 Å². The van der Waals surface area contributed by atoms with E-state index in [4.69, 9.17) is 0 Å². The normalized spacial score (nSPS) is 18.3. The molecule has 3 rings (SSSR count). The fourth-order valence-electron chi connectivity index (χ4n) is 4.26. The molecule has 1 fully saturated rings. The van der Waals surface area contributed by atoms with Gasteiger partial charge in [0, 0.05) is 24.7 Å². The van der Waals surface area contributed by atoms with Crippen LogP contribution in [0.3, 0.4) is 0 Å². The van der Waals surface area contributed by atoms with E-state index in [2.05, 4.69) is 10.0 Å². The summed E-state index contributed by atoms with van der Waals surface area (Å²) < 4.78 is 28.7. The Morgan fingerprint density at radius 3 is 2.50 bits per heavy atom. The van der Waals surface area contributed by atoms with E-state index in [1.807, 2.05) is 20.8 Å². The van der Waals surface area contributed by atoms with Gasteiger partial charge in [-0.15, -0.1) is 0 Å². The second-order valence-corrected chi connectivity index (χ2v) is 10.3. The molecule has 0 radical (unpaired) electrons. The van der Waals surface area contributed by atoms with Gasteiger partial charge in [0.25, 0.3) is 0 Å². The lowest BCUT2D eigenvalue weighted by Crippen LogP contribution is -2.52. The highest BCUT2D eigenvalue weighted by Crippen LogP contribution is 2.31. The Balaban J connectivity index is 1.75. The fraction of sp³-hybridized carbons (Fsp3) is 0.636. The Morgan fingerprint density at radius 1 is 1.17 bits per heavy atom. The predicted octanol–water partition coefficient (Wildman–Crippen LogP) is 2.74. The smallest absolute Gasteiger partial charge is 0.241 e. The van der Waals surface area contributed by atoms with Crippen molar-refractivity contribution >= 4 is 27.5 Å². The van der Waals surface area contributed by atoms with Crippen molar-refractivity contribution in [1.29, 1.82) is 0 Å². The minimum Gasteiger partial charge on any atom is -0.352 e. The monoisotopic (exact) mass is 435 g/mol. The first-order chi connectivity index (χ1) is 14.2. The molecule has 0 bridgehead atoms. The van der Waals surface area contributed by atoms with E-state index >= 15 is 0 Å². The van der Waals surface area contributed by atoms with Gasteiger partial charge >= 0.3 is 0 Å². The lowest BCUT2D eigenvalue weighted by Gasteiger charge is -2.27.